The molecule has 1 saturated heterocycles. The van der Waals surface area contributed by atoms with Crippen LogP contribution in [0.25, 0.3) is 10.9 Å². The molecular weight excluding hydrogens is 457 g/mol. The molecule has 33 heavy (non-hydrogen) atoms. The molecule has 2 aliphatic rings. The Kier molecular flexibility index (Phi) is 5.02. The summed E-state index contributed by atoms with van der Waals surface area (Å²) in [6.07, 6.45) is -3.22. The molecule has 11 heteroatoms. The van der Waals surface area contributed by atoms with Gasteiger partial charge in [0.05, 0.1) is 27.9 Å². The van der Waals surface area contributed by atoms with Gasteiger partial charge in [-0.1, -0.05) is 29.8 Å². The van der Waals surface area contributed by atoms with Crippen LogP contribution in [-0.2, 0) is 16.2 Å². The Morgan fingerprint density at radius 2 is 1.76 bits per heavy atom. The average molecular weight is 478 g/mol. The summed E-state index contributed by atoms with van der Waals surface area (Å²) in [5.41, 5.74) is 0.0536. The van der Waals surface area contributed by atoms with Crippen molar-refractivity contribution in [1.29, 1.82) is 0 Å². The topological polar surface area (TPSA) is 84.1 Å². The summed E-state index contributed by atoms with van der Waals surface area (Å²) < 4.78 is 70.7. The first-order valence-electron chi connectivity index (χ1n) is 10.5. The number of rotatable bonds is 4. The predicted molar refractivity (Wildman–Crippen MR) is 116 cm³/mol. The summed E-state index contributed by atoms with van der Waals surface area (Å²) >= 11 is 0. The minimum atomic E-state index is -4.86. The van der Waals surface area contributed by atoms with Gasteiger partial charge in [-0.2, -0.15) is 17.8 Å². The monoisotopic (exact) mass is 478 g/mol. The van der Waals surface area contributed by atoms with Crippen LogP contribution >= 0.6 is 0 Å². The van der Waals surface area contributed by atoms with Crippen LogP contribution in [0.5, 0.6) is 0 Å². The molecule has 0 amide bonds. The third-order valence-electron chi connectivity index (χ3n) is 6.25. The molecule has 1 N–H and O–H groups in total. The van der Waals surface area contributed by atoms with Gasteiger partial charge in [-0.3, -0.25) is 9.80 Å². The van der Waals surface area contributed by atoms with Crippen LogP contribution in [0.3, 0.4) is 0 Å². The molecule has 1 aromatic heterocycles. The Hall–Kier alpha value is -2.92. The average Bonchev–Trinajstić information content (AvgIpc) is 3.48. The van der Waals surface area contributed by atoms with E-state index in [0.717, 1.165) is 5.56 Å². The summed E-state index contributed by atoms with van der Waals surface area (Å²) in [7, 11) is -3.87. The molecule has 3 atom stereocenters. The Labute approximate surface area is 187 Å². The van der Waals surface area contributed by atoms with Gasteiger partial charge in [0.15, 0.2) is 0 Å². The lowest BCUT2D eigenvalue weighted by Crippen LogP contribution is -2.44. The standard InChI is InChI=1S/C22H21F3N4O3S/c1-13-9-11-14(12-10-13)33(31,32)27-17-7-4-8-18-19(17)28(18)29-20(30)15-5-2-3-6-16(15)26-21(29)22(23,24)25/h2-3,5-6,9-12,17-19,27H,4,7-8H2,1H3/t17-,18+,19-,28?/m1/s1. The SMILES string of the molecule is Cc1ccc(S(=O)(=O)N[C@@H]2CCC[C@H]3[C@@H]2N3n2c(C(F)(F)F)nc3ccccc3c2=O)cc1. The Morgan fingerprint density at radius 3 is 2.45 bits per heavy atom. The van der Waals surface area contributed by atoms with Gasteiger partial charge in [-0.25, -0.2) is 18.1 Å². The highest BCUT2D eigenvalue weighted by Gasteiger charge is 2.57. The minimum absolute atomic E-state index is 0.0347. The summed E-state index contributed by atoms with van der Waals surface area (Å²) in [5, 5.41) is 1.41. The van der Waals surface area contributed by atoms with Crippen molar-refractivity contribution in [3.8, 4) is 0 Å². The number of hydrogen-bond acceptors (Lipinski definition) is 5. The van der Waals surface area contributed by atoms with Crippen LogP contribution in [0.1, 0.15) is 30.7 Å². The molecule has 1 aliphatic carbocycles. The molecule has 174 valence electrons. The number of aryl methyl sites for hydroxylation is 1. The number of halogens is 3. The number of alkyl halides is 3. The molecule has 1 saturated carbocycles. The Balaban J connectivity index is 1.53. The van der Waals surface area contributed by atoms with Crippen molar-refractivity contribution < 1.29 is 21.6 Å². The highest BCUT2D eigenvalue weighted by molar-refractivity contribution is 7.89. The van der Waals surface area contributed by atoms with E-state index < -0.39 is 39.7 Å². The van der Waals surface area contributed by atoms with Crippen LogP contribution in [0, 0.1) is 6.92 Å². The normalized spacial score (nSPS) is 22.9. The van der Waals surface area contributed by atoms with Crippen LogP contribution in [0.4, 0.5) is 13.2 Å². The van der Waals surface area contributed by atoms with E-state index in [4.69, 9.17) is 0 Å². The van der Waals surface area contributed by atoms with Gasteiger partial charge in [0.2, 0.25) is 15.8 Å². The number of aromatic nitrogens is 2. The zero-order valence-corrected chi connectivity index (χ0v) is 18.4. The number of benzene rings is 2. The fraction of sp³-hybridized carbons (Fsp3) is 0.364. The van der Waals surface area contributed by atoms with Gasteiger partial charge < -0.3 is 0 Å². The Morgan fingerprint density at radius 1 is 1.06 bits per heavy atom. The summed E-state index contributed by atoms with van der Waals surface area (Å²) in [6, 6.07) is 10.6. The minimum Gasteiger partial charge on any atom is -0.296 e. The van der Waals surface area contributed by atoms with E-state index in [-0.39, 0.29) is 21.8 Å². The summed E-state index contributed by atoms with van der Waals surface area (Å²) in [4.78, 5) is 16.9. The third kappa shape index (κ3) is 3.78. The van der Waals surface area contributed by atoms with Gasteiger partial charge in [-0.05, 0) is 50.5 Å². The quantitative estimate of drug-likeness (QED) is 0.583. The van der Waals surface area contributed by atoms with E-state index in [1.807, 2.05) is 6.92 Å². The molecule has 2 aromatic carbocycles. The Bertz CT molecular complexity index is 1390. The van der Waals surface area contributed by atoms with E-state index >= 15 is 0 Å². The van der Waals surface area contributed by atoms with Crippen LogP contribution < -0.4 is 15.3 Å². The maximum atomic E-state index is 13.9. The molecule has 3 aromatic rings. The maximum absolute atomic E-state index is 13.9. The molecule has 0 radical (unpaired) electrons. The van der Waals surface area contributed by atoms with Crippen molar-refractivity contribution in [1.82, 2.24) is 14.4 Å². The number of nitrogens with zero attached hydrogens (tertiary/aromatic N) is 3. The number of nitrogens with one attached hydrogen (secondary N) is 1. The second-order valence-electron chi connectivity index (χ2n) is 8.48. The molecule has 0 bridgehead atoms. The van der Waals surface area contributed by atoms with E-state index in [1.54, 1.807) is 18.2 Å². The lowest BCUT2D eigenvalue weighted by molar-refractivity contribution is -0.147. The third-order valence-corrected chi connectivity index (χ3v) is 7.76. The first-order valence-corrected chi connectivity index (χ1v) is 12.0. The van der Waals surface area contributed by atoms with Crippen LogP contribution in [0.15, 0.2) is 58.2 Å². The van der Waals surface area contributed by atoms with Gasteiger partial charge in [0.1, 0.15) is 0 Å². The number of para-hydroxylation sites is 1. The lowest BCUT2D eigenvalue weighted by atomic mass is 9.96. The van der Waals surface area contributed by atoms with Crippen molar-refractivity contribution in [3.05, 3.63) is 70.3 Å². The highest BCUT2D eigenvalue weighted by atomic mass is 32.2. The zero-order chi connectivity index (χ0) is 23.5. The summed E-state index contributed by atoms with van der Waals surface area (Å²) in [6.45, 7) is 1.84. The molecule has 2 fully saturated rings. The fourth-order valence-corrected chi connectivity index (χ4v) is 5.96. The zero-order valence-electron chi connectivity index (χ0n) is 17.6. The van der Waals surface area contributed by atoms with Gasteiger partial charge in [0, 0.05) is 6.04 Å². The smallest absolute Gasteiger partial charge is 0.296 e. The molecule has 2 heterocycles. The van der Waals surface area contributed by atoms with Crippen LogP contribution in [-0.4, -0.2) is 36.2 Å². The largest absolute Gasteiger partial charge is 0.451 e. The molecule has 7 nitrogen and oxygen atoms in total. The first-order chi connectivity index (χ1) is 15.6. The van der Waals surface area contributed by atoms with Crippen molar-refractivity contribution in [2.24, 2.45) is 0 Å². The van der Waals surface area contributed by atoms with E-state index in [2.05, 4.69) is 9.71 Å². The number of hydrogen-bond donors (Lipinski definition) is 1. The van der Waals surface area contributed by atoms with Crippen molar-refractivity contribution in [2.75, 3.05) is 5.01 Å². The molecule has 0 unspecified atom stereocenters. The van der Waals surface area contributed by atoms with Gasteiger partial charge >= 0.3 is 6.18 Å². The number of sulfonamides is 1. The van der Waals surface area contributed by atoms with E-state index in [9.17, 15) is 26.4 Å². The van der Waals surface area contributed by atoms with E-state index in [0.29, 0.717) is 23.9 Å². The van der Waals surface area contributed by atoms with E-state index in [1.165, 1.54) is 35.3 Å². The second kappa shape index (κ2) is 7.56. The molecule has 5 rings (SSSR count). The summed E-state index contributed by atoms with van der Waals surface area (Å²) in [5.74, 6) is -1.30. The van der Waals surface area contributed by atoms with Gasteiger partial charge in [-0.15, -0.1) is 0 Å². The van der Waals surface area contributed by atoms with Crippen molar-refractivity contribution >= 4 is 20.9 Å². The van der Waals surface area contributed by atoms with Crippen LogP contribution in [0.2, 0.25) is 0 Å². The lowest BCUT2D eigenvalue weighted by Gasteiger charge is -2.22. The molecular formula is C22H21F3N4O3S. The molecule has 1 aliphatic heterocycles. The first kappa shape index (κ1) is 21.9. The fourth-order valence-electron chi connectivity index (χ4n) is 4.68. The molecule has 0 spiro atoms. The van der Waals surface area contributed by atoms with Crippen molar-refractivity contribution in [2.45, 2.75) is 55.4 Å². The maximum Gasteiger partial charge on any atom is 0.451 e. The van der Waals surface area contributed by atoms with Gasteiger partial charge in [0.25, 0.3) is 5.56 Å². The highest BCUT2D eigenvalue weighted by Crippen LogP contribution is 2.41. The van der Waals surface area contributed by atoms with Crippen molar-refractivity contribution in [3.63, 3.8) is 0 Å². The predicted octanol–water partition coefficient (Wildman–Crippen LogP) is 2.94. The second-order valence-corrected chi connectivity index (χ2v) is 10.2. The number of fused-ring (bicyclic) bond motifs is 2.